The molecule has 0 bridgehead atoms. The largest absolute Gasteiger partial charge is 0.369 e. The Hall–Kier alpha value is -1.01. The Kier molecular flexibility index (Phi) is 4.82. The summed E-state index contributed by atoms with van der Waals surface area (Å²) in [5, 5.41) is 0. The third kappa shape index (κ3) is 3.86. The van der Waals surface area contributed by atoms with Gasteiger partial charge >= 0.3 is 5.97 Å². The van der Waals surface area contributed by atoms with E-state index in [1.165, 1.54) is 6.42 Å². The zero-order valence-corrected chi connectivity index (χ0v) is 10.2. The van der Waals surface area contributed by atoms with Gasteiger partial charge in [0.15, 0.2) is 0 Å². The summed E-state index contributed by atoms with van der Waals surface area (Å²) in [7, 11) is 0. The van der Waals surface area contributed by atoms with Crippen LogP contribution in [0.5, 0.6) is 0 Å². The number of terminal acetylenes is 1. The van der Waals surface area contributed by atoms with Crippen LogP contribution in [0.1, 0.15) is 52.4 Å². The molecule has 1 aliphatic carbocycles. The third-order valence-electron chi connectivity index (χ3n) is 2.92. The van der Waals surface area contributed by atoms with Gasteiger partial charge in [0.1, 0.15) is 5.54 Å². The van der Waals surface area contributed by atoms with Crippen molar-refractivity contribution in [1.29, 1.82) is 0 Å². The van der Waals surface area contributed by atoms with Crippen molar-refractivity contribution in [2.45, 2.75) is 57.9 Å². The highest BCUT2D eigenvalue weighted by atomic mass is 16.7. The molecule has 1 fully saturated rings. The van der Waals surface area contributed by atoms with E-state index in [0.29, 0.717) is 12.3 Å². The van der Waals surface area contributed by atoms with Crippen molar-refractivity contribution in [2.75, 3.05) is 0 Å². The first-order valence-electron chi connectivity index (χ1n) is 6.02. The topological polar surface area (TPSA) is 38.3 Å². The number of hydrogen-bond donors (Lipinski definition) is 1. The van der Waals surface area contributed by atoms with Gasteiger partial charge in [-0.2, -0.15) is 0 Å². The molecule has 1 rings (SSSR count). The lowest BCUT2D eigenvalue weighted by Crippen LogP contribution is -2.46. The van der Waals surface area contributed by atoms with E-state index in [1.54, 1.807) is 0 Å². The molecule has 0 aliphatic heterocycles. The predicted octanol–water partition coefficient (Wildman–Crippen LogP) is 2.42. The van der Waals surface area contributed by atoms with Gasteiger partial charge in [0.2, 0.25) is 0 Å². The Balaban J connectivity index is 2.39. The van der Waals surface area contributed by atoms with Crippen LogP contribution in [0, 0.1) is 18.3 Å². The van der Waals surface area contributed by atoms with Crippen molar-refractivity contribution in [1.82, 2.24) is 5.48 Å². The van der Waals surface area contributed by atoms with Crippen molar-refractivity contribution in [3.05, 3.63) is 0 Å². The lowest BCUT2D eigenvalue weighted by molar-refractivity contribution is -0.156. The van der Waals surface area contributed by atoms with E-state index in [9.17, 15) is 4.79 Å². The molecule has 0 atom stereocenters. The van der Waals surface area contributed by atoms with Crippen molar-refractivity contribution < 1.29 is 9.63 Å². The molecule has 0 aromatic heterocycles. The normalized spacial score (nSPS) is 19.1. The van der Waals surface area contributed by atoms with Crippen molar-refractivity contribution >= 4 is 5.97 Å². The second-order valence-electron chi connectivity index (χ2n) is 4.96. The minimum Gasteiger partial charge on any atom is -0.369 e. The summed E-state index contributed by atoms with van der Waals surface area (Å²) in [6.45, 7) is 3.97. The van der Waals surface area contributed by atoms with Crippen LogP contribution in [0.3, 0.4) is 0 Å². The summed E-state index contributed by atoms with van der Waals surface area (Å²) >= 11 is 0. The van der Waals surface area contributed by atoms with E-state index in [0.717, 1.165) is 25.7 Å². The Morgan fingerprint density at radius 2 is 2.06 bits per heavy atom. The van der Waals surface area contributed by atoms with E-state index in [4.69, 9.17) is 11.3 Å². The van der Waals surface area contributed by atoms with Crippen LogP contribution in [0.2, 0.25) is 0 Å². The third-order valence-corrected chi connectivity index (χ3v) is 2.92. The summed E-state index contributed by atoms with van der Waals surface area (Å²) in [4.78, 5) is 16.5. The van der Waals surface area contributed by atoms with Crippen LogP contribution in [0.15, 0.2) is 0 Å². The minimum absolute atomic E-state index is 0.227. The molecule has 0 aromatic rings. The fraction of sp³-hybridized carbons (Fsp3) is 0.769. The number of carbonyl (C=O) groups excluding carboxylic acids is 1. The van der Waals surface area contributed by atoms with Gasteiger partial charge in [0, 0.05) is 6.42 Å². The summed E-state index contributed by atoms with van der Waals surface area (Å²) in [5.74, 6) is 2.82. The first-order chi connectivity index (χ1) is 7.58. The molecule has 0 radical (unpaired) electrons. The number of hydroxylamine groups is 1. The molecule has 1 aliphatic rings. The molecular formula is C13H21NO2. The Morgan fingerprint density at radius 3 is 2.56 bits per heavy atom. The SMILES string of the molecule is C#CC1(NOC(=O)CC(C)C)CCCCC1. The summed E-state index contributed by atoms with van der Waals surface area (Å²) in [6.07, 6.45) is 11.1. The van der Waals surface area contributed by atoms with Gasteiger partial charge in [0.25, 0.3) is 0 Å². The quantitative estimate of drug-likeness (QED) is 0.587. The number of carbonyl (C=O) groups is 1. The monoisotopic (exact) mass is 223 g/mol. The highest BCUT2D eigenvalue weighted by Crippen LogP contribution is 2.27. The maximum atomic E-state index is 11.4. The molecule has 0 amide bonds. The summed E-state index contributed by atoms with van der Waals surface area (Å²) in [5.41, 5.74) is 2.38. The van der Waals surface area contributed by atoms with Crippen LogP contribution in [-0.2, 0) is 9.63 Å². The first kappa shape index (κ1) is 13.1. The van der Waals surface area contributed by atoms with Crippen molar-refractivity contribution in [2.24, 2.45) is 5.92 Å². The molecule has 3 nitrogen and oxygen atoms in total. The fourth-order valence-electron chi connectivity index (χ4n) is 1.96. The molecule has 3 heteroatoms. The lowest BCUT2D eigenvalue weighted by atomic mass is 9.83. The van der Waals surface area contributed by atoms with Gasteiger partial charge in [-0.1, -0.05) is 39.0 Å². The maximum Gasteiger partial charge on any atom is 0.325 e. The smallest absolute Gasteiger partial charge is 0.325 e. The maximum absolute atomic E-state index is 11.4. The summed E-state index contributed by atoms with van der Waals surface area (Å²) in [6, 6.07) is 0. The van der Waals surface area contributed by atoms with Gasteiger partial charge in [-0.3, -0.25) is 4.79 Å². The van der Waals surface area contributed by atoms with E-state index in [-0.39, 0.29) is 5.97 Å². The predicted molar refractivity (Wildman–Crippen MR) is 63.3 cm³/mol. The average molecular weight is 223 g/mol. The average Bonchev–Trinajstić information content (AvgIpc) is 2.27. The number of hydrogen-bond acceptors (Lipinski definition) is 3. The second-order valence-corrected chi connectivity index (χ2v) is 4.96. The molecule has 90 valence electrons. The van der Waals surface area contributed by atoms with Crippen LogP contribution >= 0.6 is 0 Å². The zero-order chi connectivity index (χ0) is 12.0. The first-order valence-corrected chi connectivity index (χ1v) is 6.02. The molecule has 0 aromatic carbocycles. The molecule has 1 saturated carbocycles. The van der Waals surface area contributed by atoms with E-state index < -0.39 is 5.54 Å². The fourth-order valence-corrected chi connectivity index (χ4v) is 1.96. The van der Waals surface area contributed by atoms with Crippen LogP contribution < -0.4 is 5.48 Å². The molecule has 1 N–H and O–H groups in total. The Labute approximate surface area is 97.9 Å². The molecule has 0 heterocycles. The van der Waals surface area contributed by atoms with Gasteiger partial charge < -0.3 is 4.84 Å². The summed E-state index contributed by atoms with van der Waals surface area (Å²) < 4.78 is 0. The van der Waals surface area contributed by atoms with Crippen LogP contribution in [0.25, 0.3) is 0 Å². The molecule has 0 spiro atoms. The molecular weight excluding hydrogens is 202 g/mol. The van der Waals surface area contributed by atoms with Gasteiger partial charge in [-0.05, 0) is 18.8 Å². The highest BCUT2D eigenvalue weighted by Gasteiger charge is 2.31. The Bertz CT molecular complexity index is 272. The van der Waals surface area contributed by atoms with Gasteiger partial charge in [-0.15, -0.1) is 11.9 Å². The van der Waals surface area contributed by atoms with Crippen molar-refractivity contribution in [3.8, 4) is 12.3 Å². The van der Waals surface area contributed by atoms with Gasteiger partial charge in [0.05, 0.1) is 0 Å². The Morgan fingerprint density at radius 1 is 1.44 bits per heavy atom. The van der Waals surface area contributed by atoms with Crippen LogP contribution in [-0.4, -0.2) is 11.5 Å². The standard InChI is InChI=1S/C13H21NO2/c1-4-13(8-6-5-7-9-13)14-16-12(15)10-11(2)3/h1,11,14H,5-10H2,2-3H3. The molecule has 16 heavy (non-hydrogen) atoms. The van der Waals surface area contributed by atoms with E-state index >= 15 is 0 Å². The zero-order valence-electron chi connectivity index (χ0n) is 10.2. The highest BCUT2D eigenvalue weighted by molar-refractivity contribution is 5.69. The number of nitrogens with one attached hydrogen (secondary N) is 1. The number of rotatable bonds is 4. The minimum atomic E-state index is -0.426. The lowest BCUT2D eigenvalue weighted by Gasteiger charge is -2.32. The molecule has 0 unspecified atom stereocenters. The van der Waals surface area contributed by atoms with E-state index in [1.807, 2.05) is 13.8 Å². The van der Waals surface area contributed by atoms with Crippen LogP contribution in [0.4, 0.5) is 0 Å². The van der Waals surface area contributed by atoms with Gasteiger partial charge in [-0.25, -0.2) is 0 Å². The van der Waals surface area contributed by atoms with E-state index in [2.05, 4.69) is 11.4 Å². The molecule has 0 saturated heterocycles. The second kappa shape index (κ2) is 5.91. The van der Waals surface area contributed by atoms with Crippen molar-refractivity contribution in [3.63, 3.8) is 0 Å².